The van der Waals surface area contributed by atoms with Gasteiger partial charge in [0.1, 0.15) is 0 Å². The number of amides is 3. The maximum Gasteiger partial charge on any atom is 0.338 e. The van der Waals surface area contributed by atoms with E-state index in [0.717, 1.165) is 24.1 Å². The van der Waals surface area contributed by atoms with Crippen LogP contribution in [0.3, 0.4) is 0 Å². The number of nitrogens with zero attached hydrogens (tertiary/aromatic N) is 1. The first-order valence-electron chi connectivity index (χ1n) is 10.6. The molecular formula is C24H29N3O4. The van der Waals surface area contributed by atoms with Crippen molar-refractivity contribution < 1.29 is 19.1 Å². The van der Waals surface area contributed by atoms with Crippen molar-refractivity contribution in [2.45, 2.75) is 46.1 Å². The van der Waals surface area contributed by atoms with Gasteiger partial charge in [0.25, 0.3) is 0 Å². The maximum absolute atomic E-state index is 12.4. The molecule has 1 heterocycles. The van der Waals surface area contributed by atoms with Gasteiger partial charge >= 0.3 is 12.0 Å². The van der Waals surface area contributed by atoms with Crippen molar-refractivity contribution in [1.29, 1.82) is 0 Å². The summed E-state index contributed by atoms with van der Waals surface area (Å²) in [6.07, 6.45) is 2.04. The lowest BCUT2D eigenvalue weighted by Crippen LogP contribution is -2.39. The van der Waals surface area contributed by atoms with Crippen LogP contribution in [0.15, 0.2) is 42.5 Å². The Morgan fingerprint density at radius 2 is 1.84 bits per heavy atom. The van der Waals surface area contributed by atoms with E-state index in [0.29, 0.717) is 24.4 Å². The molecule has 3 rings (SSSR count). The largest absolute Gasteiger partial charge is 0.462 e. The van der Waals surface area contributed by atoms with Crippen molar-refractivity contribution in [2.75, 3.05) is 23.4 Å². The van der Waals surface area contributed by atoms with Gasteiger partial charge in [0.05, 0.1) is 18.2 Å². The van der Waals surface area contributed by atoms with Crippen molar-refractivity contribution in [3.05, 3.63) is 59.2 Å². The molecule has 0 aliphatic carbocycles. The van der Waals surface area contributed by atoms with Crippen molar-refractivity contribution in [3.63, 3.8) is 0 Å². The number of urea groups is 1. The highest BCUT2D eigenvalue weighted by molar-refractivity contribution is 5.98. The summed E-state index contributed by atoms with van der Waals surface area (Å²) in [7, 11) is 0. The number of hydrogen-bond acceptors (Lipinski definition) is 4. The Morgan fingerprint density at radius 3 is 2.52 bits per heavy atom. The molecule has 164 valence electrons. The number of ether oxygens (including phenoxy) is 1. The first kappa shape index (κ1) is 22.3. The number of carbonyl (C=O) groups excluding carboxylic acids is 3. The monoisotopic (exact) mass is 423 g/mol. The van der Waals surface area contributed by atoms with Crippen LogP contribution in [-0.4, -0.2) is 37.1 Å². The third kappa shape index (κ3) is 5.84. The molecule has 1 aliphatic rings. The standard InChI is InChI=1S/C24H29N3O4/c1-4-5-12-31-23(29)18-7-9-19(10-8-18)25-24(30)26-20-14-22(28)27(15-20)21-11-6-16(2)17(3)13-21/h6-11,13,20H,4-5,12,14-15H2,1-3H3,(H2,25,26,30)/t20-/m0/s1. The fraction of sp³-hybridized carbons (Fsp3) is 0.375. The number of benzene rings is 2. The summed E-state index contributed by atoms with van der Waals surface area (Å²) in [6, 6.07) is 11.8. The molecule has 0 radical (unpaired) electrons. The fourth-order valence-corrected chi connectivity index (χ4v) is 3.38. The molecule has 1 fully saturated rings. The quantitative estimate of drug-likeness (QED) is 0.516. The molecule has 7 nitrogen and oxygen atoms in total. The Kier molecular flexibility index (Phi) is 7.28. The Balaban J connectivity index is 1.52. The summed E-state index contributed by atoms with van der Waals surface area (Å²) >= 11 is 0. The molecule has 3 amide bonds. The molecule has 0 saturated carbocycles. The molecule has 1 saturated heterocycles. The number of anilines is 2. The normalized spacial score (nSPS) is 15.6. The van der Waals surface area contributed by atoms with E-state index < -0.39 is 6.03 Å². The second-order valence-corrected chi connectivity index (χ2v) is 7.84. The van der Waals surface area contributed by atoms with Crippen LogP contribution in [0.1, 0.15) is 47.7 Å². The van der Waals surface area contributed by atoms with Crippen LogP contribution in [0, 0.1) is 13.8 Å². The van der Waals surface area contributed by atoms with Gasteiger partial charge in [0.2, 0.25) is 5.91 Å². The van der Waals surface area contributed by atoms with Crippen LogP contribution in [0.5, 0.6) is 0 Å². The van der Waals surface area contributed by atoms with Gasteiger partial charge in [-0.1, -0.05) is 19.4 Å². The molecule has 0 unspecified atom stereocenters. The lowest BCUT2D eigenvalue weighted by Gasteiger charge is -2.18. The molecule has 0 spiro atoms. The van der Waals surface area contributed by atoms with E-state index in [-0.39, 0.29) is 24.3 Å². The lowest BCUT2D eigenvalue weighted by molar-refractivity contribution is -0.117. The molecule has 1 atom stereocenters. The van der Waals surface area contributed by atoms with Gasteiger partial charge in [-0.25, -0.2) is 9.59 Å². The van der Waals surface area contributed by atoms with Gasteiger partial charge in [0.15, 0.2) is 0 Å². The van der Waals surface area contributed by atoms with Crippen LogP contribution in [0.2, 0.25) is 0 Å². The smallest absolute Gasteiger partial charge is 0.338 e. The number of nitrogens with one attached hydrogen (secondary N) is 2. The predicted molar refractivity (Wildman–Crippen MR) is 120 cm³/mol. The number of aryl methyl sites for hydroxylation is 2. The number of unbranched alkanes of at least 4 members (excludes halogenated alkanes) is 1. The minimum Gasteiger partial charge on any atom is -0.462 e. The predicted octanol–water partition coefficient (Wildman–Crippen LogP) is 4.19. The van der Waals surface area contributed by atoms with E-state index in [1.165, 1.54) is 5.56 Å². The van der Waals surface area contributed by atoms with E-state index in [1.54, 1.807) is 29.2 Å². The molecular weight excluding hydrogens is 394 g/mol. The average molecular weight is 424 g/mol. The Labute approximate surface area is 182 Å². The second-order valence-electron chi connectivity index (χ2n) is 7.84. The Morgan fingerprint density at radius 1 is 1.10 bits per heavy atom. The van der Waals surface area contributed by atoms with Gasteiger partial charge in [0, 0.05) is 24.3 Å². The minimum atomic E-state index is -0.391. The second kappa shape index (κ2) is 10.1. The molecule has 2 aromatic rings. The minimum absolute atomic E-state index is 0.0144. The molecule has 0 aromatic heterocycles. The zero-order chi connectivity index (χ0) is 22.4. The van der Waals surface area contributed by atoms with Crippen molar-refractivity contribution in [3.8, 4) is 0 Å². The first-order chi connectivity index (χ1) is 14.9. The van der Waals surface area contributed by atoms with Gasteiger partial charge < -0.3 is 20.3 Å². The zero-order valence-electron chi connectivity index (χ0n) is 18.2. The van der Waals surface area contributed by atoms with E-state index in [9.17, 15) is 14.4 Å². The van der Waals surface area contributed by atoms with Gasteiger partial charge in [-0.2, -0.15) is 0 Å². The third-order valence-corrected chi connectivity index (χ3v) is 5.37. The van der Waals surface area contributed by atoms with Gasteiger partial charge in [-0.05, 0) is 67.8 Å². The number of rotatable bonds is 7. The van der Waals surface area contributed by atoms with Crippen LogP contribution in [0.25, 0.3) is 0 Å². The number of esters is 1. The van der Waals surface area contributed by atoms with E-state index in [4.69, 9.17) is 4.74 Å². The van der Waals surface area contributed by atoms with E-state index >= 15 is 0 Å². The number of hydrogen-bond donors (Lipinski definition) is 2. The van der Waals surface area contributed by atoms with Gasteiger partial charge in [-0.15, -0.1) is 0 Å². The van der Waals surface area contributed by atoms with E-state index in [1.807, 2.05) is 39.0 Å². The van der Waals surface area contributed by atoms with Crippen LogP contribution >= 0.6 is 0 Å². The fourth-order valence-electron chi connectivity index (χ4n) is 3.38. The molecule has 2 aromatic carbocycles. The zero-order valence-corrected chi connectivity index (χ0v) is 18.2. The summed E-state index contributed by atoms with van der Waals surface area (Å²) in [4.78, 5) is 38.4. The highest BCUT2D eigenvalue weighted by atomic mass is 16.5. The van der Waals surface area contributed by atoms with Crippen LogP contribution in [-0.2, 0) is 9.53 Å². The van der Waals surface area contributed by atoms with Crippen LogP contribution in [0.4, 0.5) is 16.2 Å². The van der Waals surface area contributed by atoms with Gasteiger partial charge in [-0.3, -0.25) is 4.79 Å². The average Bonchev–Trinajstić information content (AvgIpc) is 3.10. The lowest BCUT2D eigenvalue weighted by atomic mass is 10.1. The first-order valence-corrected chi connectivity index (χ1v) is 10.6. The Bertz CT molecular complexity index is 956. The topological polar surface area (TPSA) is 87.7 Å². The Hall–Kier alpha value is -3.35. The highest BCUT2D eigenvalue weighted by Crippen LogP contribution is 2.24. The summed E-state index contributed by atoms with van der Waals surface area (Å²) < 4.78 is 5.17. The highest BCUT2D eigenvalue weighted by Gasteiger charge is 2.31. The SMILES string of the molecule is CCCCOC(=O)c1ccc(NC(=O)N[C@H]2CC(=O)N(c3ccc(C)c(C)c3)C2)cc1. The summed E-state index contributed by atoms with van der Waals surface area (Å²) in [5.41, 5.74) is 4.13. The molecule has 2 N–H and O–H groups in total. The van der Waals surface area contributed by atoms with Crippen molar-refractivity contribution in [1.82, 2.24) is 5.32 Å². The molecule has 7 heteroatoms. The maximum atomic E-state index is 12.4. The van der Waals surface area contributed by atoms with Crippen LogP contribution < -0.4 is 15.5 Å². The molecule has 1 aliphatic heterocycles. The summed E-state index contributed by atoms with van der Waals surface area (Å²) in [5.74, 6) is -0.389. The number of carbonyl (C=O) groups is 3. The summed E-state index contributed by atoms with van der Waals surface area (Å²) in [6.45, 7) is 6.90. The summed E-state index contributed by atoms with van der Waals surface area (Å²) in [5, 5.41) is 5.59. The molecule has 31 heavy (non-hydrogen) atoms. The molecule has 0 bridgehead atoms. The van der Waals surface area contributed by atoms with Crippen molar-refractivity contribution in [2.24, 2.45) is 0 Å². The van der Waals surface area contributed by atoms with Crippen molar-refractivity contribution >= 4 is 29.3 Å². The van der Waals surface area contributed by atoms with E-state index in [2.05, 4.69) is 10.6 Å². The third-order valence-electron chi connectivity index (χ3n) is 5.37.